The molecule has 0 spiro atoms. The van der Waals surface area contributed by atoms with Crippen LogP contribution in [0.15, 0.2) is 46.6 Å². The molecule has 4 aromatic rings. The monoisotopic (exact) mass is 371 g/mol. The molecule has 4 nitrogen and oxygen atoms in total. The minimum atomic E-state index is -0.00373. The van der Waals surface area contributed by atoms with E-state index in [2.05, 4.69) is 16.0 Å². The third-order valence-electron chi connectivity index (χ3n) is 3.61. The van der Waals surface area contributed by atoms with Crippen LogP contribution in [-0.4, -0.2) is 27.8 Å². The molecule has 0 aliphatic rings. The second kappa shape index (κ2) is 6.43. The number of amides is 1. The summed E-state index contributed by atoms with van der Waals surface area (Å²) in [6.07, 6.45) is 0. The highest BCUT2D eigenvalue weighted by Crippen LogP contribution is 2.28. The summed E-state index contributed by atoms with van der Waals surface area (Å²) in [7, 11) is 1.81. The van der Waals surface area contributed by atoms with E-state index in [9.17, 15) is 4.79 Å². The standard InChI is InChI=1S/C17H13N3OS3/c1-20(8-12-9-23-16(19-12)14-3-2-6-22-14)17(21)11-4-5-13-15(7-11)24-10-18-13/h2-7,9-10H,8H2,1H3. The van der Waals surface area contributed by atoms with Crippen molar-refractivity contribution in [3.8, 4) is 9.88 Å². The quantitative estimate of drug-likeness (QED) is 0.520. The molecule has 1 aromatic carbocycles. The van der Waals surface area contributed by atoms with Gasteiger partial charge >= 0.3 is 0 Å². The van der Waals surface area contributed by atoms with Crippen LogP contribution in [0.4, 0.5) is 0 Å². The number of carbonyl (C=O) groups excluding carboxylic acids is 1. The number of carbonyl (C=O) groups is 1. The second-order valence-corrected chi connectivity index (χ2v) is 8.01. The fraction of sp³-hybridized carbons (Fsp3) is 0.118. The van der Waals surface area contributed by atoms with Gasteiger partial charge < -0.3 is 4.90 Å². The molecule has 4 rings (SSSR count). The van der Waals surface area contributed by atoms with Crippen molar-refractivity contribution >= 4 is 50.1 Å². The molecule has 0 saturated heterocycles. The summed E-state index contributed by atoms with van der Waals surface area (Å²) >= 11 is 4.84. The normalized spacial score (nSPS) is 11.0. The number of hydrogen-bond donors (Lipinski definition) is 0. The van der Waals surface area contributed by atoms with E-state index in [0.29, 0.717) is 12.1 Å². The Bertz CT molecular complexity index is 988. The summed E-state index contributed by atoms with van der Waals surface area (Å²) in [5.74, 6) is -0.00373. The van der Waals surface area contributed by atoms with E-state index in [1.165, 1.54) is 0 Å². The molecule has 0 radical (unpaired) electrons. The van der Waals surface area contributed by atoms with Crippen LogP contribution in [0.25, 0.3) is 20.1 Å². The largest absolute Gasteiger partial charge is 0.336 e. The molecule has 0 aliphatic carbocycles. The van der Waals surface area contributed by atoms with Crippen molar-refractivity contribution < 1.29 is 4.79 Å². The summed E-state index contributed by atoms with van der Waals surface area (Å²) in [5, 5.41) is 5.07. The number of fused-ring (bicyclic) bond motifs is 1. The number of benzene rings is 1. The topological polar surface area (TPSA) is 46.1 Å². The van der Waals surface area contributed by atoms with Crippen molar-refractivity contribution in [2.45, 2.75) is 6.54 Å². The lowest BCUT2D eigenvalue weighted by atomic mass is 10.2. The highest BCUT2D eigenvalue weighted by Gasteiger charge is 2.15. The third-order valence-corrected chi connectivity index (χ3v) is 6.33. The van der Waals surface area contributed by atoms with Crippen LogP contribution in [0.3, 0.4) is 0 Å². The number of nitrogens with zero attached hydrogens (tertiary/aromatic N) is 3. The lowest BCUT2D eigenvalue weighted by Crippen LogP contribution is -2.26. The minimum absolute atomic E-state index is 0.00373. The Balaban J connectivity index is 1.51. The smallest absolute Gasteiger partial charge is 0.253 e. The van der Waals surface area contributed by atoms with Gasteiger partial charge in [-0.3, -0.25) is 4.79 Å². The molecule has 7 heteroatoms. The zero-order valence-electron chi connectivity index (χ0n) is 12.8. The second-order valence-electron chi connectivity index (χ2n) is 5.32. The predicted octanol–water partition coefficient (Wildman–Crippen LogP) is 4.75. The molecular weight excluding hydrogens is 358 g/mol. The molecule has 0 N–H and O–H groups in total. The van der Waals surface area contributed by atoms with Crippen molar-refractivity contribution in [1.29, 1.82) is 0 Å². The number of aromatic nitrogens is 2. The number of rotatable bonds is 4. The summed E-state index contributed by atoms with van der Waals surface area (Å²) in [6.45, 7) is 0.501. The van der Waals surface area contributed by atoms with E-state index >= 15 is 0 Å². The Hall–Kier alpha value is -2.09. The van der Waals surface area contributed by atoms with Gasteiger partial charge in [0.15, 0.2) is 0 Å². The molecule has 1 amide bonds. The van der Waals surface area contributed by atoms with Crippen LogP contribution in [0.1, 0.15) is 16.1 Å². The maximum atomic E-state index is 12.6. The Kier molecular flexibility index (Phi) is 4.13. The first-order valence-electron chi connectivity index (χ1n) is 7.28. The minimum Gasteiger partial charge on any atom is -0.336 e. The van der Waals surface area contributed by atoms with E-state index < -0.39 is 0 Å². The van der Waals surface area contributed by atoms with Crippen molar-refractivity contribution in [2.24, 2.45) is 0 Å². The zero-order valence-corrected chi connectivity index (χ0v) is 15.3. The first-order chi connectivity index (χ1) is 11.7. The van der Waals surface area contributed by atoms with Crippen molar-refractivity contribution in [1.82, 2.24) is 14.9 Å². The Morgan fingerprint density at radius 2 is 2.12 bits per heavy atom. The first-order valence-corrected chi connectivity index (χ1v) is 9.91. The molecule has 120 valence electrons. The van der Waals surface area contributed by atoms with Crippen molar-refractivity contribution in [3.05, 3.63) is 57.9 Å². The molecular formula is C17H13N3OS3. The Morgan fingerprint density at radius 1 is 1.21 bits per heavy atom. The maximum Gasteiger partial charge on any atom is 0.253 e. The molecule has 0 aliphatic heterocycles. The lowest BCUT2D eigenvalue weighted by Gasteiger charge is -2.15. The number of thiazole rings is 2. The molecule has 0 fully saturated rings. The van der Waals surface area contributed by atoms with Crippen LogP contribution in [-0.2, 0) is 6.54 Å². The SMILES string of the molecule is CN(Cc1csc(-c2cccs2)n1)C(=O)c1ccc2ncsc2c1. The molecule has 0 saturated carbocycles. The first kappa shape index (κ1) is 15.4. The Morgan fingerprint density at radius 3 is 2.96 bits per heavy atom. The van der Waals surface area contributed by atoms with Gasteiger partial charge in [-0.2, -0.15) is 0 Å². The van der Waals surface area contributed by atoms with Gasteiger partial charge in [0.25, 0.3) is 5.91 Å². The average molecular weight is 372 g/mol. The van der Waals surface area contributed by atoms with Crippen molar-refractivity contribution in [3.63, 3.8) is 0 Å². The summed E-state index contributed by atoms with van der Waals surface area (Å²) in [5.41, 5.74) is 4.32. The maximum absolute atomic E-state index is 12.6. The van der Waals surface area contributed by atoms with Gasteiger partial charge in [-0.05, 0) is 29.6 Å². The van der Waals surface area contributed by atoms with Crippen LogP contribution < -0.4 is 0 Å². The lowest BCUT2D eigenvalue weighted by molar-refractivity contribution is 0.0784. The molecule has 0 bridgehead atoms. The van der Waals surface area contributed by atoms with E-state index in [-0.39, 0.29) is 5.91 Å². The van der Waals surface area contributed by atoms with E-state index in [4.69, 9.17) is 0 Å². The fourth-order valence-electron chi connectivity index (χ4n) is 2.42. The van der Waals surface area contributed by atoms with Gasteiger partial charge in [0, 0.05) is 18.0 Å². The predicted molar refractivity (Wildman–Crippen MR) is 101 cm³/mol. The molecule has 24 heavy (non-hydrogen) atoms. The molecule has 0 unspecified atom stereocenters. The van der Waals surface area contributed by atoms with Gasteiger partial charge in [-0.1, -0.05) is 6.07 Å². The van der Waals surface area contributed by atoms with Gasteiger partial charge in [-0.15, -0.1) is 34.0 Å². The van der Waals surface area contributed by atoms with E-state index in [1.54, 1.807) is 44.4 Å². The summed E-state index contributed by atoms with van der Waals surface area (Å²) < 4.78 is 1.03. The molecule has 0 atom stereocenters. The molecule has 3 aromatic heterocycles. The number of hydrogen-bond acceptors (Lipinski definition) is 6. The fourth-order valence-corrected chi connectivity index (χ4v) is 4.76. The highest BCUT2D eigenvalue weighted by molar-refractivity contribution is 7.20. The Labute approximate surface area is 151 Å². The molecule has 3 heterocycles. The summed E-state index contributed by atoms with van der Waals surface area (Å²) in [4.78, 5) is 24.4. The average Bonchev–Trinajstić information content (AvgIpc) is 3.33. The number of thiophene rings is 1. The van der Waals surface area contributed by atoms with Gasteiger partial charge in [0.05, 0.1) is 32.8 Å². The third kappa shape index (κ3) is 2.98. The highest BCUT2D eigenvalue weighted by atomic mass is 32.1. The van der Waals surface area contributed by atoms with E-state index in [1.807, 2.05) is 42.1 Å². The van der Waals surface area contributed by atoms with Crippen LogP contribution in [0.5, 0.6) is 0 Å². The van der Waals surface area contributed by atoms with Crippen LogP contribution >= 0.6 is 34.0 Å². The summed E-state index contributed by atoms with van der Waals surface area (Å²) in [6, 6.07) is 9.71. The van der Waals surface area contributed by atoms with Gasteiger partial charge in [0.1, 0.15) is 5.01 Å². The van der Waals surface area contributed by atoms with Crippen LogP contribution in [0.2, 0.25) is 0 Å². The van der Waals surface area contributed by atoms with Crippen LogP contribution in [0, 0.1) is 0 Å². The van der Waals surface area contributed by atoms with Crippen molar-refractivity contribution in [2.75, 3.05) is 7.05 Å². The van der Waals surface area contributed by atoms with Gasteiger partial charge in [-0.25, -0.2) is 9.97 Å². The zero-order chi connectivity index (χ0) is 16.5. The van der Waals surface area contributed by atoms with E-state index in [0.717, 1.165) is 25.8 Å². The van der Waals surface area contributed by atoms with Gasteiger partial charge in [0.2, 0.25) is 0 Å².